The highest BCUT2D eigenvalue weighted by Crippen LogP contribution is 2.25. The number of hydrogen-bond acceptors (Lipinski definition) is 5. The van der Waals surface area contributed by atoms with Crippen LogP contribution in [0.15, 0.2) is 66.9 Å². The Morgan fingerprint density at radius 3 is 2.43 bits per heavy atom. The number of methoxy groups -OCH3 is 1. The summed E-state index contributed by atoms with van der Waals surface area (Å²) in [6.07, 6.45) is 3.87. The van der Waals surface area contributed by atoms with Crippen LogP contribution < -0.4 is 15.1 Å². The van der Waals surface area contributed by atoms with E-state index in [1.165, 1.54) is 5.69 Å². The van der Waals surface area contributed by atoms with Crippen LogP contribution in [0.5, 0.6) is 5.75 Å². The summed E-state index contributed by atoms with van der Waals surface area (Å²) in [6.45, 7) is 3.99. The van der Waals surface area contributed by atoms with Gasteiger partial charge in [-0.2, -0.15) is 0 Å². The molecule has 0 unspecified atom stereocenters. The summed E-state index contributed by atoms with van der Waals surface area (Å²) in [4.78, 5) is 17.5. The molecule has 2 aliphatic heterocycles. The molecule has 1 atom stereocenters. The highest BCUT2D eigenvalue weighted by atomic mass is 16.5. The first-order chi connectivity index (χ1) is 13.7. The van der Waals surface area contributed by atoms with Gasteiger partial charge in [-0.3, -0.25) is 9.69 Å². The molecule has 28 heavy (non-hydrogen) atoms. The topological polar surface area (TPSA) is 48.1 Å². The van der Waals surface area contributed by atoms with E-state index in [9.17, 15) is 4.79 Å². The molecule has 1 N–H and O–H groups in total. The monoisotopic (exact) mass is 378 g/mol. The maximum atomic E-state index is 12.9. The summed E-state index contributed by atoms with van der Waals surface area (Å²) in [7, 11) is 1.68. The number of nitrogens with zero attached hydrogens (tertiary/aromatic N) is 3. The summed E-state index contributed by atoms with van der Waals surface area (Å²) in [5.41, 5.74) is 5.40. The molecule has 2 heterocycles. The number of benzene rings is 2. The molecule has 1 saturated heterocycles. The van der Waals surface area contributed by atoms with Gasteiger partial charge in [-0.1, -0.05) is 30.3 Å². The minimum absolute atomic E-state index is 0.0470. The molecule has 2 aliphatic rings. The second-order valence-electron chi connectivity index (χ2n) is 7.07. The fraction of sp³-hybridized carbons (Fsp3) is 0.318. The van der Waals surface area contributed by atoms with E-state index in [4.69, 9.17) is 4.74 Å². The number of hydrazine groups is 1. The lowest BCUT2D eigenvalue weighted by Gasteiger charge is -2.36. The first kappa shape index (κ1) is 18.4. The Hall–Kier alpha value is -2.99. The van der Waals surface area contributed by atoms with E-state index in [0.717, 1.165) is 37.5 Å². The van der Waals surface area contributed by atoms with Crippen LogP contribution >= 0.6 is 0 Å². The summed E-state index contributed by atoms with van der Waals surface area (Å²) in [5, 5.41) is 1.73. The summed E-state index contributed by atoms with van der Waals surface area (Å²) < 4.78 is 5.23. The average molecular weight is 378 g/mol. The van der Waals surface area contributed by atoms with Crippen molar-refractivity contribution in [3.8, 4) is 5.75 Å². The molecule has 0 saturated carbocycles. The summed E-state index contributed by atoms with van der Waals surface area (Å²) in [5.74, 6) is 0.962. The van der Waals surface area contributed by atoms with Crippen molar-refractivity contribution in [2.24, 2.45) is 0 Å². The second kappa shape index (κ2) is 8.35. The van der Waals surface area contributed by atoms with Gasteiger partial charge in [-0.05, 0) is 35.9 Å². The molecule has 0 aliphatic carbocycles. The molecule has 1 fully saturated rings. The van der Waals surface area contributed by atoms with Gasteiger partial charge in [0.05, 0.1) is 19.7 Å². The van der Waals surface area contributed by atoms with Crippen LogP contribution in [-0.4, -0.2) is 55.6 Å². The summed E-state index contributed by atoms with van der Waals surface area (Å²) in [6, 6.07) is 18.2. The van der Waals surface area contributed by atoms with E-state index in [2.05, 4.69) is 39.5 Å². The lowest BCUT2D eigenvalue weighted by atomic mass is 10.1. The number of piperazine rings is 1. The van der Waals surface area contributed by atoms with E-state index >= 15 is 0 Å². The third-order valence-corrected chi connectivity index (χ3v) is 5.35. The minimum Gasteiger partial charge on any atom is -0.497 e. The third-order valence-electron chi connectivity index (χ3n) is 5.35. The molecule has 146 valence electrons. The van der Waals surface area contributed by atoms with Crippen LogP contribution in [0.3, 0.4) is 0 Å². The van der Waals surface area contributed by atoms with Crippen LogP contribution in [0.2, 0.25) is 0 Å². The zero-order valence-corrected chi connectivity index (χ0v) is 16.1. The lowest BCUT2D eigenvalue weighted by molar-refractivity contribution is -0.135. The first-order valence-electron chi connectivity index (χ1n) is 9.66. The Morgan fingerprint density at radius 2 is 1.75 bits per heavy atom. The van der Waals surface area contributed by atoms with Crippen molar-refractivity contribution in [3.63, 3.8) is 0 Å². The fourth-order valence-corrected chi connectivity index (χ4v) is 3.74. The Bertz CT molecular complexity index is 814. The van der Waals surface area contributed by atoms with E-state index in [1.54, 1.807) is 12.1 Å². The standard InChI is InChI=1S/C22H26N4O2/c1-28-20-9-7-19(8-10-20)25-15-13-24(14-16-25)17-22(27)26-21(11-12-23-26)18-5-3-2-4-6-18/h2-12,21,23H,13-17H2,1H3/t21-/m0/s1. The average Bonchev–Trinajstić information content (AvgIpc) is 3.25. The zero-order valence-electron chi connectivity index (χ0n) is 16.1. The van der Waals surface area contributed by atoms with Crippen molar-refractivity contribution < 1.29 is 9.53 Å². The van der Waals surface area contributed by atoms with Crippen LogP contribution in [0, 0.1) is 0 Å². The molecular weight excluding hydrogens is 352 g/mol. The van der Waals surface area contributed by atoms with Crippen LogP contribution in [0.25, 0.3) is 0 Å². The number of anilines is 1. The largest absolute Gasteiger partial charge is 0.497 e. The van der Waals surface area contributed by atoms with Crippen molar-refractivity contribution in [3.05, 3.63) is 72.4 Å². The molecule has 2 aromatic carbocycles. The lowest BCUT2D eigenvalue weighted by Crippen LogP contribution is -2.51. The quantitative estimate of drug-likeness (QED) is 0.866. The number of rotatable bonds is 5. The van der Waals surface area contributed by atoms with Crippen LogP contribution in [-0.2, 0) is 4.79 Å². The maximum Gasteiger partial charge on any atom is 0.255 e. The van der Waals surface area contributed by atoms with E-state index in [-0.39, 0.29) is 11.9 Å². The van der Waals surface area contributed by atoms with Gasteiger partial charge in [-0.15, -0.1) is 0 Å². The molecule has 0 radical (unpaired) electrons. The molecule has 4 rings (SSSR count). The third kappa shape index (κ3) is 3.97. The van der Waals surface area contributed by atoms with Gasteiger partial charge >= 0.3 is 0 Å². The Kier molecular flexibility index (Phi) is 5.48. The predicted molar refractivity (Wildman–Crippen MR) is 110 cm³/mol. The van der Waals surface area contributed by atoms with Gasteiger partial charge in [0, 0.05) is 38.1 Å². The Balaban J connectivity index is 1.31. The number of amides is 1. The van der Waals surface area contributed by atoms with Crippen molar-refractivity contribution in [1.29, 1.82) is 0 Å². The van der Waals surface area contributed by atoms with E-state index in [0.29, 0.717) is 6.54 Å². The molecule has 0 bridgehead atoms. The van der Waals surface area contributed by atoms with E-state index < -0.39 is 0 Å². The number of ether oxygens (including phenoxy) is 1. The minimum atomic E-state index is -0.0470. The number of carbonyl (C=O) groups excluding carboxylic acids is 1. The van der Waals surface area contributed by atoms with Crippen LogP contribution in [0.4, 0.5) is 5.69 Å². The van der Waals surface area contributed by atoms with E-state index in [1.807, 2.05) is 42.6 Å². The molecule has 0 spiro atoms. The molecule has 0 aromatic heterocycles. The normalized spacial score (nSPS) is 19.5. The van der Waals surface area contributed by atoms with Gasteiger partial charge in [0.15, 0.2) is 0 Å². The van der Waals surface area contributed by atoms with Crippen molar-refractivity contribution >= 4 is 11.6 Å². The fourth-order valence-electron chi connectivity index (χ4n) is 3.74. The number of nitrogens with one attached hydrogen (secondary N) is 1. The first-order valence-corrected chi connectivity index (χ1v) is 9.66. The van der Waals surface area contributed by atoms with Gasteiger partial charge < -0.3 is 15.1 Å². The molecule has 1 amide bonds. The van der Waals surface area contributed by atoms with Crippen molar-refractivity contribution in [1.82, 2.24) is 15.3 Å². The van der Waals surface area contributed by atoms with Crippen LogP contribution in [0.1, 0.15) is 11.6 Å². The second-order valence-corrected chi connectivity index (χ2v) is 7.07. The molecular formula is C22H26N4O2. The highest BCUT2D eigenvalue weighted by Gasteiger charge is 2.28. The predicted octanol–water partition coefficient (Wildman–Crippen LogP) is 2.42. The maximum absolute atomic E-state index is 12.9. The highest BCUT2D eigenvalue weighted by molar-refractivity contribution is 5.79. The number of hydrogen-bond donors (Lipinski definition) is 1. The number of carbonyl (C=O) groups is 1. The molecule has 2 aromatic rings. The summed E-state index contributed by atoms with van der Waals surface area (Å²) >= 11 is 0. The van der Waals surface area contributed by atoms with Gasteiger partial charge in [0.2, 0.25) is 0 Å². The molecule has 6 nitrogen and oxygen atoms in total. The van der Waals surface area contributed by atoms with Crippen molar-refractivity contribution in [2.75, 3.05) is 44.7 Å². The Morgan fingerprint density at radius 1 is 1.04 bits per heavy atom. The zero-order chi connectivity index (χ0) is 19.3. The van der Waals surface area contributed by atoms with Gasteiger partial charge in [0.25, 0.3) is 5.91 Å². The smallest absolute Gasteiger partial charge is 0.255 e. The van der Waals surface area contributed by atoms with Gasteiger partial charge in [-0.25, -0.2) is 5.01 Å². The molecule has 6 heteroatoms. The SMILES string of the molecule is COc1ccc(N2CCN(CC(=O)N3NC=C[C@H]3c3ccccc3)CC2)cc1. The Labute approximate surface area is 166 Å². The van der Waals surface area contributed by atoms with Gasteiger partial charge in [0.1, 0.15) is 5.75 Å². The van der Waals surface area contributed by atoms with Crippen molar-refractivity contribution in [2.45, 2.75) is 6.04 Å².